The number of hydrogen-bond acceptors (Lipinski definition) is 8. The van der Waals surface area contributed by atoms with Crippen molar-refractivity contribution < 1.29 is 33.8 Å². The highest BCUT2D eigenvalue weighted by molar-refractivity contribution is 5.93. The van der Waals surface area contributed by atoms with Gasteiger partial charge in [-0.1, -0.05) is 26.0 Å². The number of carbonyl (C=O) groups excluding carboxylic acids is 5. The minimum Gasteiger partial charge on any atom is -0.508 e. The first-order chi connectivity index (χ1) is 16.9. The monoisotopic (exact) mass is 507 g/mol. The Hall–Kier alpha value is -3.67. The van der Waals surface area contributed by atoms with Gasteiger partial charge in [0.25, 0.3) is 0 Å². The number of amides is 4. The van der Waals surface area contributed by atoms with Crippen LogP contribution in [0.25, 0.3) is 0 Å². The normalized spacial score (nSPS) is 13.2. The number of aromatic hydroxyl groups is 1. The van der Waals surface area contributed by atoms with Crippen LogP contribution in [0.15, 0.2) is 24.3 Å². The molecular weight excluding hydrogens is 470 g/mol. The average Bonchev–Trinajstić information content (AvgIpc) is 2.81. The molecule has 1 rings (SSSR count). The summed E-state index contributed by atoms with van der Waals surface area (Å²) in [6, 6.07) is 3.46. The lowest BCUT2D eigenvalue weighted by atomic mass is 10.0. The molecule has 0 aliphatic rings. The molecule has 0 bridgehead atoms. The van der Waals surface area contributed by atoms with Crippen molar-refractivity contribution in [3.05, 3.63) is 29.8 Å². The molecule has 0 fully saturated rings. The Morgan fingerprint density at radius 3 is 2.11 bits per heavy atom. The lowest BCUT2D eigenvalue weighted by Crippen LogP contribution is -2.53. The summed E-state index contributed by atoms with van der Waals surface area (Å²) in [5.41, 5.74) is 6.65. The molecule has 12 heteroatoms. The molecule has 200 valence electrons. The molecule has 0 aliphatic heterocycles. The fraction of sp³-hybridized carbons (Fsp3) is 0.542. The molecule has 36 heavy (non-hydrogen) atoms. The summed E-state index contributed by atoms with van der Waals surface area (Å²) in [6.07, 6.45) is 0.526. The van der Waals surface area contributed by atoms with E-state index in [2.05, 4.69) is 21.3 Å². The first-order valence-corrected chi connectivity index (χ1v) is 11.8. The fourth-order valence-electron chi connectivity index (χ4n) is 3.13. The van der Waals surface area contributed by atoms with Crippen molar-refractivity contribution in [2.24, 2.45) is 11.7 Å². The SMILES string of the molecule is CCOC(=O)CNC(=O)[C@@H](CC(C)C)NC(=O)CNC(=O)[C@H](C)NC(=O)[C@@H](N)Cc1ccc(O)cc1. The second-order valence-electron chi connectivity index (χ2n) is 8.70. The van der Waals surface area contributed by atoms with Gasteiger partial charge in [-0.3, -0.25) is 24.0 Å². The van der Waals surface area contributed by atoms with Crippen molar-refractivity contribution in [2.75, 3.05) is 19.7 Å². The summed E-state index contributed by atoms with van der Waals surface area (Å²) in [5.74, 6) is -2.74. The molecule has 0 saturated carbocycles. The predicted molar refractivity (Wildman–Crippen MR) is 131 cm³/mol. The molecule has 0 heterocycles. The lowest BCUT2D eigenvalue weighted by Gasteiger charge is -2.21. The van der Waals surface area contributed by atoms with E-state index in [-0.39, 0.29) is 31.2 Å². The number of phenolic OH excluding ortho intramolecular Hbond substituents is 1. The van der Waals surface area contributed by atoms with Crippen molar-refractivity contribution in [1.29, 1.82) is 0 Å². The van der Waals surface area contributed by atoms with Crippen LogP contribution in [0, 0.1) is 5.92 Å². The zero-order chi connectivity index (χ0) is 27.3. The highest BCUT2D eigenvalue weighted by Gasteiger charge is 2.24. The Morgan fingerprint density at radius 1 is 0.917 bits per heavy atom. The maximum Gasteiger partial charge on any atom is 0.325 e. The van der Waals surface area contributed by atoms with E-state index in [1.165, 1.54) is 19.1 Å². The summed E-state index contributed by atoms with van der Waals surface area (Å²) in [5, 5.41) is 19.2. The molecule has 0 aromatic heterocycles. The summed E-state index contributed by atoms with van der Waals surface area (Å²) in [4.78, 5) is 60.9. The molecule has 4 amide bonds. The topological polar surface area (TPSA) is 189 Å². The average molecular weight is 508 g/mol. The Morgan fingerprint density at radius 2 is 1.53 bits per heavy atom. The van der Waals surface area contributed by atoms with Gasteiger partial charge in [0, 0.05) is 0 Å². The van der Waals surface area contributed by atoms with E-state index in [4.69, 9.17) is 10.5 Å². The van der Waals surface area contributed by atoms with Gasteiger partial charge in [-0.2, -0.15) is 0 Å². The predicted octanol–water partition coefficient (Wildman–Crippen LogP) is -0.907. The summed E-state index contributed by atoms with van der Waals surface area (Å²) in [7, 11) is 0. The van der Waals surface area contributed by atoms with Gasteiger partial charge in [-0.15, -0.1) is 0 Å². The van der Waals surface area contributed by atoms with Crippen LogP contribution in [0.5, 0.6) is 5.75 Å². The minimum atomic E-state index is -0.962. The summed E-state index contributed by atoms with van der Waals surface area (Å²) >= 11 is 0. The van der Waals surface area contributed by atoms with Crippen LogP contribution in [0.4, 0.5) is 0 Å². The van der Waals surface area contributed by atoms with Crippen molar-refractivity contribution >= 4 is 29.6 Å². The largest absolute Gasteiger partial charge is 0.508 e. The van der Waals surface area contributed by atoms with Crippen LogP contribution in [-0.2, 0) is 35.1 Å². The zero-order valence-corrected chi connectivity index (χ0v) is 21.1. The molecule has 0 radical (unpaired) electrons. The molecule has 0 spiro atoms. The minimum absolute atomic E-state index is 0.0688. The van der Waals surface area contributed by atoms with Gasteiger partial charge < -0.3 is 36.8 Å². The van der Waals surface area contributed by atoms with E-state index >= 15 is 0 Å². The molecule has 0 saturated heterocycles. The quantitative estimate of drug-likeness (QED) is 0.175. The molecule has 3 atom stereocenters. The number of ether oxygens (including phenoxy) is 1. The highest BCUT2D eigenvalue weighted by Crippen LogP contribution is 2.11. The van der Waals surface area contributed by atoms with Gasteiger partial charge in [0.05, 0.1) is 19.2 Å². The van der Waals surface area contributed by atoms with E-state index in [1.807, 2.05) is 13.8 Å². The van der Waals surface area contributed by atoms with Crippen LogP contribution in [0.1, 0.15) is 39.7 Å². The molecule has 0 unspecified atom stereocenters. The molecule has 0 aliphatic carbocycles. The van der Waals surface area contributed by atoms with Crippen molar-refractivity contribution in [2.45, 2.75) is 58.7 Å². The number of esters is 1. The fourth-order valence-corrected chi connectivity index (χ4v) is 3.13. The van der Waals surface area contributed by atoms with E-state index in [1.54, 1.807) is 19.1 Å². The van der Waals surface area contributed by atoms with Gasteiger partial charge in [0.1, 0.15) is 24.4 Å². The maximum atomic E-state index is 12.4. The Labute approximate surface area is 210 Å². The number of nitrogens with one attached hydrogen (secondary N) is 4. The Kier molecular flexibility index (Phi) is 12.9. The first-order valence-electron chi connectivity index (χ1n) is 11.8. The molecule has 1 aromatic carbocycles. The zero-order valence-electron chi connectivity index (χ0n) is 21.1. The molecule has 7 N–H and O–H groups in total. The van der Waals surface area contributed by atoms with E-state index in [9.17, 15) is 29.1 Å². The number of carbonyl (C=O) groups is 5. The smallest absolute Gasteiger partial charge is 0.325 e. The molecule has 12 nitrogen and oxygen atoms in total. The van der Waals surface area contributed by atoms with E-state index in [0.717, 1.165) is 5.56 Å². The number of nitrogens with two attached hydrogens (primary N) is 1. The van der Waals surface area contributed by atoms with Gasteiger partial charge in [0.2, 0.25) is 23.6 Å². The van der Waals surface area contributed by atoms with Gasteiger partial charge in [-0.05, 0) is 50.3 Å². The third kappa shape index (κ3) is 11.6. The third-order valence-corrected chi connectivity index (χ3v) is 4.98. The molecule has 1 aromatic rings. The van der Waals surface area contributed by atoms with Gasteiger partial charge >= 0.3 is 5.97 Å². The Bertz CT molecular complexity index is 905. The van der Waals surface area contributed by atoms with Crippen LogP contribution in [0.3, 0.4) is 0 Å². The van der Waals surface area contributed by atoms with Crippen LogP contribution < -0.4 is 27.0 Å². The van der Waals surface area contributed by atoms with E-state index in [0.29, 0.717) is 6.42 Å². The Balaban J connectivity index is 2.52. The summed E-state index contributed by atoms with van der Waals surface area (Å²) < 4.78 is 4.76. The van der Waals surface area contributed by atoms with Crippen molar-refractivity contribution in [3.63, 3.8) is 0 Å². The maximum absolute atomic E-state index is 12.4. The number of hydrogen-bond donors (Lipinski definition) is 6. The lowest BCUT2D eigenvalue weighted by molar-refractivity contribution is -0.143. The second kappa shape index (κ2) is 15.4. The van der Waals surface area contributed by atoms with Gasteiger partial charge in [-0.25, -0.2) is 0 Å². The second-order valence-corrected chi connectivity index (χ2v) is 8.70. The number of benzene rings is 1. The number of rotatable bonds is 14. The molecular formula is C24H37N5O7. The standard InChI is InChI=1S/C24H37N5O7/c1-5-36-21(32)13-27-24(35)19(10-14(2)3)29-20(31)12-26-22(33)15(4)28-23(34)18(25)11-16-6-8-17(30)9-7-16/h6-9,14-15,18-19,30H,5,10-13,25H2,1-4H3,(H,26,33)(H,27,35)(H,28,34)(H,29,31)/t15-,18-,19+/m0/s1. The van der Waals surface area contributed by atoms with E-state index < -0.39 is 54.3 Å². The van der Waals surface area contributed by atoms with Crippen LogP contribution >= 0.6 is 0 Å². The van der Waals surface area contributed by atoms with Gasteiger partial charge in [0.15, 0.2) is 0 Å². The van der Waals surface area contributed by atoms with Crippen molar-refractivity contribution in [1.82, 2.24) is 21.3 Å². The first kappa shape index (κ1) is 30.4. The third-order valence-electron chi connectivity index (χ3n) is 4.98. The summed E-state index contributed by atoms with van der Waals surface area (Å²) in [6.45, 7) is 6.28. The van der Waals surface area contributed by atoms with Crippen LogP contribution in [0.2, 0.25) is 0 Å². The highest BCUT2D eigenvalue weighted by atomic mass is 16.5. The van der Waals surface area contributed by atoms with Crippen LogP contribution in [-0.4, -0.2) is 72.5 Å². The van der Waals surface area contributed by atoms with Crippen molar-refractivity contribution in [3.8, 4) is 5.75 Å². The number of phenols is 1.